The molecule has 174 valence electrons. The summed E-state index contributed by atoms with van der Waals surface area (Å²) < 4.78 is 5.32. The number of para-hydroxylation sites is 1. The van der Waals surface area contributed by atoms with Gasteiger partial charge in [-0.15, -0.1) is 23.1 Å². The number of hydrogen-bond acceptors (Lipinski definition) is 7. The summed E-state index contributed by atoms with van der Waals surface area (Å²) in [6.07, 6.45) is 0. The van der Waals surface area contributed by atoms with E-state index in [0.29, 0.717) is 54.5 Å². The number of carbonyl (C=O) groups is 2. The van der Waals surface area contributed by atoms with Crippen LogP contribution in [0.2, 0.25) is 0 Å². The van der Waals surface area contributed by atoms with Gasteiger partial charge in [-0.3, -0.25) is 14.4 Å². The highest BCUT2D eigenvalue weighted by Crippen LogP contribution is 2.27. The van der Waals surface area contributed by atoms with Crippen LogP contribution < -0.4 is 10.9 Å². The van der Waals surface area contributed by atoms with Crippen LogP contribution in [0.3, 0.4) is 0 Å². The van der Waals surface area contributed by atoms with E-state index in [1.54, 1.807) is 36.1 Å². The number of amides is 2. The van der Waals surface area contributed by atoms with E-state index in [1.807, 2.05) is 13.8 Å². The minimum absolute atomic E-state index is 0.119. The number of anilines is 1. The quantitative estimate of drug-likeness (QED) is 0.554. The first-order chi connectivity index (χ1) is 15.8. The molecule has 3 aromatic rings. The lowest BCUT2D eigenvalue weighted by atomic mass is 10.1. The molecule has 1 unspecified atom stereocenters. The largest absolute Gasteiger partial charge is 0.378 e. The van der Waals surface area contributed by atoms with Crippen molar-refractivity contribution in [1.29, 1.82) is 0 Å². The Labute approximate surface area is 199 Å². The fourth-order valence-electron chi connectivity index (χ4n) is 3.60. The SMILES string of the molecule is Cc1sc2nc(CSC(C)C(=O)Nc3ccccc3C(=O)N3CCOCC3)[nH]c(=O)c2c1C. The van der Waals surface area contributed by atoms with Crippen molar-refractivity contribution in [2.24, 2.45) is 0 Å². The molecule has 8 nitrogen and oxygen atoms in total. The Morgan fingerprint density at radius 3 is 2.76 bits per heavy atom. The monoisotopic (exact) mass is 486 g/mol. The van der Waals surface area contributed by atoms with Gasteiger partial charge in [0, 0.05) is 18.0 Å². The molecule has 0 bridgehead atoms. The van der Waals surface area contributed by atoms with Crippen LogP contribution in [0, 0.1) is 13.8 Å². The summed E-state index contributed by atoms with van der Waals surface area (Å²) in [4.78, 5) is 49.2. The highest BCUT2D eigenvalue weighted by atomic mass is 32.2. The lowest BCUT2D eigenvalue weighted by Crippen LogP contribution is -2.41. The molecule has 1 atom stereocenters. The van der Waals surface area contributed by atoms with Gasteiger partial charge >= 0.3 is 0 Å². The third-order valence-electron chi connectivity index (χ3n) is 5.64. The molecular formula is C23H26N4O4S2. The number of thiophene rings is 1. The van der Waals surface area contributed by atoms with Crippen LogP contribution in [0.25, 0.3) is 10.2 Å². The lowest BCUT2D eigenvalue weighted by Gasteiger charge is -2.27. The van der Waals surface area contributed by atoms with Gasteiger partial charge in [-0.1, -0.05) is 12.1 Å². The van der Waals surface area contributed by atoms with Gasteiger partial charge in [0.2, 0.25) is 5.91 Å². The van der Waals surface area contributed by atoms with Gasteiger partial charge < -0.3 is 19.9 Å². The molecule has 0 aliphatic carbocycles. The molecule has 1 fully saturated rings. The smallest absolute Gasteiger partial charge is 0.259 e. The number of fused-ring (bicyclic) bond motifs is 1. The number of nitrogens with one attached hydrogen (secondary N) is 2. The number of morpholine rings is 1. The zero-order chi connectivity index (χ0) is 23.5. The standard InChI is InChI=1S/C23H26N4O4S2/c1-13-14(2)33-22-19(13)21(29)25-18(26-22)12-32-15(3)20(28)24-17-7-5-4-6-16(17)23(30)27-8-10-31-11-9-27/h4-7,15H,8-12H2,1-3H3,(H,24,28)(H,25,26,29). The first-order valence-corrected chi connectivity index (χ1v) is 12.6. The van der Waals surface area contributed by atoms with E-state index < -0.39 is 5.25 Å². The average Bonchev–Trinajstić information content (AvgIpc) is 3.11. The Bertz CT molecular complexity index is 1250. The number of ether oxygens (including phenoxy) is 1. The number of thioether (sulfide) groups is 1. The first kappa shape index (κ1) is 23.5. The van der Waals surface area contributed by atoms with E-state index >= 15 is 0 Å². The molecule has 4 rings (SSSR count). The number of benzene rings is 1. The molecule has 0 spiro atoms. The van der Waals surface area contributed by atoms with Crippen LogP contribution >= 0.6 is 23.1 Å². The zero-order valence-electron chi connectivity index (χ0n) is 18.8. The Hall–Kier alpha value is -2.69. The van der Waals surface area contributed by atoms with Crippen LogP contribution in [0.15, 0.2) is 29.1 Å². The predicted octanol–water partition coefficient (Wildman–Crippen LogP) is 3.33. The molecule has 2 aromatic heterocycles. The van der Waals surface area contributed by atoms with Crippen LogP contribution in [0.5, 0.6) is 0 Å². The van der Waals surface area contributed by atoms with E-state index in [9.17, 15) is 14.4 Å². The van der Waals surface area contributed by atoms with Crippen molar-refractivity contribution in [3.63, 3.8) is 0 Å². The van der Waals surface area contributed by atoms with Gasteiger partial charge in [0.25, 0.3) is 11.5 Å². The molecule has 3 heterocycles. The first-order valence-electron chi connectivity index (χ1n) is 10.7. The Morgan fingerprint density at radius 2 is 2.00 bits per heavy atom. The molecule has 10 heteroatoms. The lowest BCUT2D eigenvalue weighted by molar-refractivity contribution is -0.115. The van der Waals surface area contributed by atoms with E-state index in [2.05, 4.69) is 15.3 Å². The summed E-state index contributed by atoms with van der Waals surface area (Å²) in [6.45, 7) is 7.79. The number of rotatable bonds is 6. The molecule has 33 heavy (non-hydrogen) atoms. The summed E-state index contributed by atoms with van der Waals surface area (Å²) in [5, 5.41) is 3.11. The van der Waals surface area contributed by atoms with Crippen molar-refractivity contribution in [1.82, 2.24) is 14.9 Å². The predicted molar refractivity (Wildman–Crippen MR) is 132 cm³/mol. The minimum atomic E-state index is -0.413. The van der Waals surface area contributed by atoms with Crippen molar-refractivity contribution in [3.05, 3.63) is 56.4 Å². The van der Waals surface area contributed by atoms with Crippen molar-refractivity contribution in [3.8, 4) is 0 Å². The topological polar surface area (TPSA) is 104 Å². The zero-order valence-corrected chi connectivity index (χ0v) is 20.4. The number of H-pyrrole nitrogens is 1. The van der Waals surface area contributed by atoms with Crippen LogP contribution in [-0.2, 0) is 15.3 Å². The number of nitrogens with zero attached hydrogens (tertiary/aromatic N) is 2. The third-order valence-corrected chi connectivity index (χ3v) is 7.90. The van der Waals surface area contributed by atoms with Gasteiger partial charge in [-0.05, 0) is 38.5 Å². The summed E-state index contributed by atoms with van der Waals surface area (Å²) in [6, 6.07) is 7.03. The summed E-state index contributed by atoms with van der Waals surface area (Å²) in [5.41, 5.74) is 1.76. The number of aromatic nitrogens is 2. The number of aryl methyl sites for hydroxylation is 2. The average molecular weight is 487 g/mol. The molecule has 1 aromatic carbocycles. The van der Waals surface area contributed by atoms with Gasteiger partial charge in [0.1, 0.15) is 10.7 Å². The maximum absolute atomic E-state index is 12.9. The van der Waals surface area contributed by atoms with Crippen LogP contribution in [0.4, 0.5) is 5.69 Å². The Morgan fingerprint density at radius 1 is 1.27 bits per heavy atom. The van der Waals surface area contributed by atoms with Crippen molar-refractivity contribution in [2.75, 3.05) is 31.6 Å². The fourth-order valence-corrected chi connectivity index (χ4v) is 5.40. The highest BCUT2D eigenvalue weighted by molar-refractivity contribution is 7.99. The van der Waals surface area contributed by atoms with Crippen molar-refractivity contribution < 1.29 is 14.3 Å². The molecule has 1 saturated heterocycles. The van der Waals surface area contributed by atoms with Crippen LogP contribution in [0.1, 0.15) is 33.5 Å². The molecular weight excluding hydrogens is 460 g/mol. The van der Waals surface area contributed by atoms with E-state index in [4.69, 9.17) is 4.74 Å². The van der Waals surface area contributed by atoms with Crippen LogP contribution in [-0.4, -0.2) is 58.2 Å². The van der Waals surface area contributed by atoms with Gasteiger partial charge in [-0.25, -0.2) is 4.98 Å². The summed E-state index contributed by atoms with van der Waals surface area (Å²) in [5.74, 6) is 0.602. The second kappa shape index (κ2) is 10.1. The Kier molecular flexibility index (Phi) is 7.16. The van der Waals surface area contributed by atoms with E-state index in [0.717, 1.165) is 15.3 Å². The Balaban J connectivity index is 1.42. The van der Waals surface area contributed by atoms with Crippen molar-refractivity contribution in [2.45, 2.75) is 31.8 Å². The molecule has 0 saturated carbocycles. The number of hydrogen-bond donors (Lipinski definition) is 2. The maximum atomic E-state index is 12.9. The molecule has 1 aliphatic rings. The molecule has 2 N–H and O–H groups in total. The van der Waals surface area contributed by atoms with Gasteiger partial charge in [0.15, 0.2) is 0 Å². The second-order valence-electron chi connectivity index (χ2n) is 7.87. The van der Waals surface area contributed by atoms with Crippen molar-refractivity contribution >= 4 is 50.8 Å². The molecule has 2 amide bonds. The maximum Gasteiger partial charge on any atom is 0.259 e. The van der Waals surface area contributed by atoms with E-state index in [1.165, 1.54) is 23.1 Å². The minimum Gasteiger partial charge on any atom is -0.378 e. The summed E-state index contributed by atoms with van der Waals surface area (Å²) >= 11 is 2.88. The molecule has 0 radical (unpaired) electrons. The van der Waals surface area contributed by atoms with Gasteiger partial charge in [-0.2, -0.15) is 0 Å². The van der Waals surface area contributed by atoms with E-state index in [-0.39, 0.29) is 17.4 Å². The second-order valence-corrected chi connectivity index (χ2v) is 10.4. The third kappa shape index (κ3) is 5.13. The fraction of sp³-hybridized carbons (Fsp3) is 0.391. The molecule has 1 aliphatic heterocycles. The number of carbonyl (C=O) groups excluding carboxylic acids is 2. The summed E-state index contributed by atoms with van der Waals surface area (Å²) in [7, 11) is 0. The normalized spacial score (nSPS) is 14.9. The highest BCUT2D eigenvalue weighted by Gasteiger charge is 2.23. The van der Waals surface area contributed by atoms with Gasteiger partial charge in [0.05, 0.1) is 40.9 Å². The number of aromatic amines is 1.